The summed E-state index contributed by atoms with van der Waals surface area (Å²) in [6.45, 7) is 4.29. The van der Waals surface area contributed by atoms with Crippen LogP contribution in [0.2, 0.25) is 5.02 Å². The molecule has 2 aromatic carbocycles. The van der Waals surface area contributed by atoms with Gasteiger partial charge in [0.05, 0.1) is 5.69 Å². The summed E-state index contributed by atoms with van der Waals surface area (Å²) in [6, 6.07) is 12.9. The molecule has 146 valence electrons. The van der Waals surface area contributed by atoms with Gasteiger partial charge in [0.25, 0.3) is 0 Å². The van der Waals surface area contributed by atoms with E-state index in [1.165, 1.54) is 11.8 Å². The monoisotopic (exact) mass is 479 g/mol. The number of aryl methyl sites for hydroxylation is 1. The van der Waals surface area contributed by atoms with Gasteiger partial charge in [0.1, 0.15) is 5.25 Å². The second kappa shape index (κ2) is 9.11. The number of amidine groups is 1. The molecule has 1 aliphatic rings. The molecule has 1 heterocycles. The Kier molecular flexibility index (Phi) is 6.80. The largest absolute Gasteiger partial charge is 0.326 e. The van der Waals surface area contributed by atoms with E-state index in [0.717, 1.165) is 15.7 Å². The Morgan fingerprint density at radius 3 is 2.75 bits per heavy atom. The minimum absolute atomic E-state index is 0.0699. The lowest BCUT2D eigenvalue weighted by Crippen LogP contribution is -2.33. The van der Waals surface area contributed by atoms with Crippen molar-refractivity contribution in [3.05, 3.63) is 57.5 Å². The first-order valence-electron chi connectivity index (χ1n) is 8.76. The Balaban J connectivity index is 1.72. The summed E-state index contributed by atoms with van der Waals surface area (Å²) >= 11 is 10.9. The fourth-order valence-electron chi connectivity index (χ4n) is 2.71. The number of para-hydroxylation sites is 1. The maximum absolute atomic E-state index is 12.7. The molecule has 2 amide bonds. The van der Waals surface area contributed by atoms with E-state index < -0.39 is 5.25 Å². The smallest absolute Gasteiger partial charge is 0.242 e. The Labute approximate surface area is 181 Å². The summed E-state index contributed by atoms with van der Waals surface area (Å²) in [7, 11) is 0. The minimum Gasteiger partial charge on any atom is -0.326 e. The van der Waals surface area contributed by atoms with Crippen molar-refractivity contribution in [3.63, 3.8) is 0 Å². The van der Waals surface area contributed by atoms with Crippen LogP contribution in [0.4, 0.5) is 11.4 Å². The van der Waals surface area contributed by atoms with E-state index in [4.69, 9.17) is 11.6 Å². The molecule has 0 unspecified atom stereocenters. The summed E-state index contributed by atoms with van der Waals surface area (Å²) < 4.78 is 0.851. The first-order chi connectivity index (χ1) is 13.4. The predicted molar refractivity (Wildman–Crippen MR) is 119 cm³/mol. The van der Waals surface area contributed by atoms with E-state index in [1.807, 2.05) is 44.2 Å². The average molecular weight is 481 g/mol. The Hall–Kier alpha value is -1.83. The van der Waals surface area contributed by atoms with Gasteiger partial charge >= 0.3 is 0 Å². The highest BCUT2D eigenvalue weighted by molar-refractivity contribution is 9.10. The SMILES string of the molecule is CCN1C(=O)[C@@H](CC(=O)Nc2ccc(C)c(Cl)c2)SC1=Nc1ccccc1Br. The summed E-state index contributed by atoms with van der Waals surface area (Å²) in [5, 5.41) is 3.51. The van der Waals surface area contributed by atoms with Crippen molar-refractivity contribution < 1.29 is 9.59 Å². The fraction of sp³-hybridized carbons (Fsp3) is 0.250. The predicted octanol–water partition coefficient (Wildman–Crippen LogP) is 5.39. The highest BCUT2D eigenvalue weighted by Gasteiger charge is 2.38. The Bertz CT molecular complexity index is 951. The lowest BCUT2D eigenvalue weighted by molar-refractivity contribution is -0.128. The summed E-state index contributed by atoms with van der Waals surface area (Å²) in [5.74, 6) is -0.334. The minimum atomic E-state index is -0.498. The van der Waals surface area contributed by atoms with Gasteiger partial charge in [0, 0.05) is 28.1 Å². The molecule has 2 aromatic rings. The van der Waals surface area contributed by atoms with E-state index in [-0.39, 0.29) is 18.2 Å². The highest BCUT2D eigenvalue weighted by atomic mass is 79.9. The Morgan fingerprint density at radius 2 is 2.07 bits per heavy atom. The molecular formula is C20H19BrClN3O2S. The number of anilines is 1. The summed E-state index contributed by atoms with van der Waals surface area (Å²) in [6.07, 6.45) is 0.0699. The molecule has 0 aromatic heterocycles. The van der Waals surface area contributed by atoms with Gasteiger partial charge < -0.3 is 5.32 Å². The van der Waals surface area contributed by atoms with Crippen LogP contribution in [0, 0.1) is 6.92 Å². The third kappa shape index (κ3) is 4.77. The molecule has 0 spiro atoms. The van der Waals surface area contributed by atoms with Crippen molar-refractivity contribution in [1.29, 1.82) is 0 Å². The van der Waals surface area contributed by atoms with Crippen LogP contribution < -0.4 is 5.32 Å². The van der Waals surface area contributed by atoms with Crippen LogP contribution in [-0.2, 0) is 9.59 Å². The highest BCUT2D eigenvalue weighted by Crippen LogP contribution is 2.33. The van der Waals surface area contributed by atoms with Crippen molar-refractivity contribution in [2.45, 2.75) is 25.5 Å². The van der Waals surface area contributed by atoms with Crippen LogP contribution in [0.15, 0.2) is 51.9 Å². The number of amides is 2. The first kappa shape index (κ1) is 20.9. The first-order valence-corrected chi connectivity index (χ1v) is 10.8. The van der Waals surface area contributed by atoms with E-state index in [2.05, 4.69) is 26.2 Å². The number of benzene rings is 2. The quantitative estimate of drug-likeness (QED) is 0.624. The molecule has 8 heteroatoms. The van der Waals surface area contributed by atoms with Crippen LogP contribution in [0.25, 0.3) is 0 Å². The molecule has 28 heavy (non-hydrogen) atoms. The van der Waals surface area contributed by atoms with Crippen molar-refractivity contribution >= 4 is 67.6 Å². The molecule has 0 radical (unpaired) electrons. The third-order valence-corrected chi connectivity index (χ3v) is 6.48. The zero-order valence-electron chi connectivity index (χ0n) is 15.4. The van der Waals surface area contributed by atoms with Gasteiger partial charge in [-0.1, -0.05) is 41.6 Å². The molecule has 0 bridgehead atoms. The van der Waals surface area contributed by atoms with Gasteiger partial charge in [-0.3, -0.25) is 14.5 Å². The van der Waals surface area contributed by atoms with Gasteiger partial charge in [-0.2, -0.15) is 0 Å². The number of hydrogen-bond acceptors (Lipinski definition) is 4. The maximum Gasteiger partial charge on any atom is 0.242 e. The molecular weight excluding hydrogens is 462 g/mol. The summed E-state index contributed by atoms with van der Waals surface area (Å²) in [4.78, 5) is 31.4. The van der Waals surface area contributed by atoms with Gasteiger partial charge in [-0.05, 0) is 59.6 Å². The molecule has 1 fully saturated rings. The number of rotatable bonds is 5. The average Bonchev–Trinajstić information content (AvgIpc) is 2.94. The van der Waals surface area contributed by atoms with Gasteiger partial charge in [-0.25, -0.2) is 4.99 Å². The molecule has 0 saturated carbocycles. The zero-order valence-corrected chi connectivity index (χ0v) is 18.6. The van der Waals surface area contributed by atoms with E-state index in [0.29, 0.717) is 22.4 Å². The maximum atomic E-state index is 12.7. The molecule has 0 aliphatic carbocycles. The second-order valence-corrected chi connectivity index (χ2v) is 8.68. The number of thioether (sulfide) groups is 1. The number of carbonyl (C=O) groups is 2. The van der Waals surface area contributed by atoms with Crippen LogP contribution >= 0.6 is 39.3 Å². The third-order valence-electron chi connectivity index (χ3n) is 4.23. The second-order valence-electron chi connectivity index (χ2n) is 6.25. The van der Waals surface area contributed by atoms with Gasteiger partial charge in [-0.15, -0.1) is 0 Å². The van der Waals surface area contributed by atoms with Crippen molar-refractivity contribution in [3.8, 4) is 0 Å². The van der Waals surface area contributed by atoms with Crippen LogP contribution in [-0.4, -0.2) is 33.7 Å². The normalized spacial score (nSPS) is 18.0. The number of nitrogens with one attached hydrogen (secondary N) is 1. The van der Waals surface area contributed by atoms with E-state index in [1.54, 1.807) is 17.0 Å². The van der Waals surface area contributed by atoms with E-state index in [9.17, 15) is 9.59 Å². The van der Waals surface area contributed by atoms with Crippen molar-refractivity contribution in [2.75, 3.05) is 11.9 Å². The molecule has 1 N–H and O–H groups in total. The number of carbonyl (C=O) groups excluding carboxylic acids is 2. The van der Waals surface area contributed by atoms with E-state index >= 15 is 0 Å². The molecule has 3 rings (SSSR count). The molecule has 1 atom stereocenters. The molecule has 5 nitrogen and oxygen atoms in total. The van der Waals surface area contributed by atoms with Gasteiger partial charge in [0.2, 0.25) is 11.8 Å². The van der Waals surface area contributed by atoms with Crippen LogP contribution in [0.1, 0.15) is 18.9 Å². The standard InChI is InChI=1S/C20H19BrClN3O2S/c1-3-25-19(27)17(28-20(25)24-16-7-5-4-6-14(16)21)11-18(26)23-13-9-8-12(2)15(22)10-13/h4-10,17H,3,11H2,1-2H3,(H,23,26)/t17-/m1/s1. The Morgan fingerprint density at radius 1 is 1.32 bits per heavy atom. The number of aliphatic imine (C=N–C) groups is 1. The van der Waals surface area contributed by atoms with Crippen molar-refractivity contribution in [2.24, 2.45) is 4.99 Å². The fourth-order valence-corrected chi connectivity index (χ4v) is 4.48. The zero-order chi connectivity index (χ0) is 20.3. The molecule has 1 saturated heterocycles. The number of halogens is 2. The van der Waals surface area contributed by atoms with Gasteiger partial charge in [0.15, 0.2) is 5.17 Å². The van der Waals surface area contributed by atoms with Crippen LogP contribution in [0.5, 0.6) is 0 Å². The molecule has 1 aliphatic heterocycles. The van der Waals surface area contributed by atoms with Crippen molar-refractivity contribution in [1.82, 2.24) is 4.90 Å². The topological polar surface area (TPSA) is 61.8 Å². The van der Waals surface area contributed by atoms with Crippen LogP contribution in [0.3, 0.4) is 0 Å². The number of hydrogen-bond donors (Lipinski definition) is 1. The summed E-state index contributed by atoms with van der Waals surface area (Å²) in [5.41, 5.74) is 2.30. The lowest BCUT2D eigenvalue weighted by atomic mass is 10.2. The number of nitrogens with zero attached hydrogens (tertiary/aromatic N) is 2. The lowest BCUT2D eigenvalue weighted by Gasteiger charge is -2.13.